The van der Waals surface area contributed by atoms with Gasteiger partial charge in [0.05, 0.1) is 12.5 Å². The van der Waals surface area contributed by atoms with Crippen molar-refractivity contribution in [1.82, 2.24) is 10.1 Å². The molecule has 0 aliphatic heterocycles. The van der Waals surface area contributed by atoms with Gasteiger partial charge < -0.3 is 15.6 Å². The molecule has 0 amide bonds. The van der Waals surface area contributed by atoms with E-state index in [1.165, 1.54) is 6.39 Å². The Morgan fingerprint density at radius 2 is 2.33 bits per heavy atom. The van der Waals surface area contributed by atoms with Gasteiger partial charge in [-0.3, -0.25) is 0 Å². The van der Waals surface area contributed by atoms with Crippen LogP contribution in [0.5, 0.6) is 0 Å². The minimum Gasteiger partial charge on any atom is -0.398 e. The number of aromatic nitrogens is 2. The molecule has 0 radical (unpaired) electrons. The van der Waals surface area contributed by atoms with Crippen molar-refractivity contribution >= 4 is 11.4 Å². The van der Waals surface area contributed by atoms with E-state index in [2.05, 4.69) is 26.0 Å². The van der Waals surface area contributed by atoms with Crippen molar-refractivity contribution in [2.45, 2.75) is 12.8 Å². The first-order chi connectivity index (χ1) is 8.79. The number of nitrogen functional groups attached to an aromatic ring is 1. The zero-order valence-corrected chi connectivity index (χ0v) is 9.76. The van der Waals surface area contributed by atoms with Gasteiger partial charge in [0.25, 0.3) is 0 Å². The van der Waals surface area contributed by atoms with Crippen LogP contribution in [-0.4, -0.2) is 16.7 Å². The SMILES string of the molecule is N#CCc1cc(NCCc2ncon2)ccc1N. The number of nitriles is 1. The fourth-order valence-corrected chi connectivity index (χ4v) is 1.58. The molecular formula is C12H13N5O. The summed E-state index contributed by atoms with van der Waals surface area (Å²) in [5.74, 6) is 0.662. The molecule has 1 heterocycles. The molecule has 6 heteroatoms. The van der Waals surface area contributed by atoms with Crippen LogP contribution in [0.15, 0.2) is 29.1 Å². The molecule has 0 spiro atoms. The van der Waals surface area contributed by atoms with Crippen molar-refractivity contribution < 1.29 is 4.52 Å². The minimum atomic E-state index is 0.312. The Balaban J connectivity index is 1.93. The molecule has 0 fully saturated rings. The first-order valence-corrected chi connectivity index (χ1v) is 5.54. The van der Waals surface area contributed by atoms with Gasteiger partial charge in [0.15, 0.2) is 5.82 Å². The molecule has 0 unspecified atom stereocenters. The van der Waals surface area contributed by atoms with E-state index >= 15 is 0 Å². The summed E-state index contributed by atoms with van der Waals surface area (Å²) < 4.78 is 4.64. The Hall–Kier alpha value is -2.55. The van der Waals surface area contributed by atoms with E-state index in [1.54, 1.807) is 6.07 Å². The summed E-state index contributed by atoms with van der Waals surface area (Å²) >= 11 is 0. The second-order valence-corrected chi connectivity index (χ2v) is 3.77. The van der Waals surface area contributed by atoms with Crippen LogP contribution in [-0.2, 0) is 12.8 Å². The summed E-state index contributed by atoms with van der Waals surface area (Å²) in [7, 11) is 0. The van der Waals surface area contributed by atoms with Crippen LogP contribution in [0.1, 0.15) is 11.4 Å². The van der Waals surface area contributed by atoms with Gasteiger partial charge in [-0.15, -0.1) is 0 Å². The summed E-state index contributed by atoms with van der Waals surface area (Å²) in [4.78, 5) is 3.93. The fraction of sp³-hybridized carbons (Fsp3) is 0.250. The predicted molar refractivity (Wildman–Crippen MR) is 66.7 cm³/mol. The van der Waals surface area contributed by atoms with E-state index in [4.69, 9.17) is 11.0 Å². The van der Waals surface area contributed by atoms with Gasteiger partial charge in [0, 0.05) is 24.3 Å². The van der Waals surface area contributed by atoms with Crippen molar-refractivity contribution in [2.24, 2.45) is 0 Å². The summed E-state index contributed by atoms with van der Waals surface area (Å²) in [5, 5.41) is 15.6. The van der Waals surface area contributed by atoms with Gasteiger partial charge in [-0.05, 0) is 23.8 Å². The summed E-state index contributed by atoms with van der Waals surface area (Å²) in [5.41, 5.74) is 8.17. The maximum absolute atomic E-state index is 8.68. The van der Waals surface area contributed by atoms with E-state index in [0.717, 1.165) is 11.3 Å². The standard InChI is InChI=1S/C12H13N5O/c13-5-3-9-7-10(1-2-11(9)14)15-6-4-12-16-8-18-17-12/h1-2,7-8,15H,3-4,6,14H2. The van der Waals surface area contributed by atoms with Crippen LogP contribution in [0, 0.1) is 11.3 Å². The molecule has 1 aromatic carbocycles. The van der Waals surface area contributed by atoms with Crippen LogP contribution in [0.4, 0.5) is 11.4 Å². The Labute approximate surface area is 104 Å². The highest BCUT2D eigenvalue weighted by Gasteiger charge is 2.02. The lowest BCUT2D eigenvalue weighted by molar-refractivity contribution is 0.410. The van der Waals surface area contributed by atoms with Gasteiger partial charge in [0.1, 0.15) is 0 Å². The molecule has 0 saturated heterocycles. The number of nitrogens with zero attached hydrogens (tertiary/aromatic N) is 3. The predicted octanol–water partition coefficient (Wildman–Crippen LogP) is 1.37. The van der Waals surface area contributed by atoms with Gasteiger partial charge in [-0.2, -0.15) is 10.2 Å². The minimum absolute atomic E-state index is 0.312. The molecule has 6 nitrogen and oxygen atoms in total. The van der Waals surface area contributed by atoms with Gasteiger partial charge in [-0.25, -0.2) is 0 Å². The summed E-state index contributed by atoms with van der Waals surface area (Å²) in [6, 6.07) is 7.65. The molecule has 0 bridgehead atoms. The van der Waals surface area contributed by atoms with Crippen LogP contribution in [0.2, 0.25) is 0 Å². The van der Waals surface area contributed by atoms with E-state index in [0.29, 0.717) is 30.9 Å². The number of hydrogen-bond donors (Lipinski definition) is 2. The fourth-order valence-electron chi connectivity index (χ4n) is 1.58. The quantitative estimate of drug-likeness (QED) is 0.769. The van der Waals surface area contributed by atoms with E-state index in [1.807, 2.05) is 12.1 Å². The van der Waals surface area contributed by atoms with Crippen LogP contribution in [0.3, 0.4) is 0 Å². The van der Waals surface area contributed by atoms with Gasteiger partial charge in [0.2, 0.25) is 6.39 Å². The lowest BCUT2D eigenvalue weighted by Gasteiger charge is -2.08. The molecule has 0 atom stereocenters. The van der Waals surface area contributed by atoms with Crippen LogP contribution >= 0.6 is 0 Å². The molecule has 0 saturated carbocycles. The van der Waals surface area contributed by atoms with E-state index < -0.39 is 0 Å². The number of benzene rings is 1. The highest BCUT2D eigenvalue weighted by Crippen LogP contribution is 2.18. The second-order valence-electron chi connectivity index (χ2n) is 3.77. The number of anilines is 2. The van der Waals surface area contributed by atoms with Crippen molar-refractivity contribution in [2.75, 3.05) is 17.6 Å². The van der Waals surface area contributed by atoms with Crippen LogP contribution in [0.25, 0.3) is 0 Å². The third-order valence-electron chi connectivity index (χ3n) is 2.50. The molecular weight excluding hydrogens is 230 g/mol. The number of nitrogens with two attached hydrogens (primary N) is 1. The number of hydrogen-bond acceptors (Lipinski definition) is 6. The highest BCUT2D eigenvalue weighted by molar-refractivity contribution is 5.58. The molecule has 2 rings (SSSR count). The molecule has 0 aliphatic rings. The molecule has 0 aliphatic carbocycles. The first kappa shape index (κ1) is 11.9. The third-order valence-corrected chi connectivity index (χ3v) is 2.50. The van der Waals surface area contributed by atoms with Crippen molar-refractivity contribution in [3.05, 3.63) is 36.0 Å². The average molecular weight is 243 g/mol. The second kappa shape index (κ2) is 5.68. The van der Waals surface area contributed by atoms with Crippen molar-refractivity contribution in [3.63, 3.8) is 0 Å². The molecule has 3 N–H and O–H groups in total. The van der Waals surface area contributed by atoms with Crippen molar-refractivity contribution in [1.29, 1.82) is 5.26 Å². The number of nitrogens with one attached hydrogen (secondary N) is 1. The lowest BCUT2D eigenvalue weighted by Crippen LogP contribution is -2.06. The smallest absolute Gasteiger partial charge is 0.213 e. The molecule has 2 aromatic rings. The summed E-state index contributed by atoms with van der Waals surface area (Å²) in [6.07, 6.45) is 2.30. The van der Waals surface area contributed by atoms with Gasteiger partial charge in [-0.1, -0.05) is 5.16 Å². The van der Waals surface area contributed by atoms with E-state index in [9.17, 15) is 0 Å². The Bertz CT molecular complexity index is 544. The van der Waals surface area contributed by atoms with Gasteiger partial charge >= 0.3 is 0 Å². The Morgan fingerprint density at radius 1 is 1.44 bits per heavy atom. The maximum atomic E-state index is 8.68. The Morgan fingerprint density at radius 3 is 3.06 bits per heavy atom. The maximum Gasteiger partial charge on any atom is 0.213 e. The largest absolute Gasteiger partial charge is 0.398 e. The molecule has 18 heavy (non-hydrogen) atoms. The normalized spacial score (nSPS) is 9.94. The lowest BCUT2D eigenvalue weighted by atomic mass is 10.1. The third kappa shape index (κ3) is 2.98. The van der Waals surface area contributed by atoms with Crippen LogP contribution < -0.4 is 11.1 Å². The summed E-state index contributed by atoms with van der Waals surface area (Å²) in [6.45, 7) is 0.690. The van der Waals surface area contributed by atoms with Crippen molar-refractivity contribution in [3.8, 4) is 6.07 Å². The molecule has 92 valence electrons. The Kier molecular flexibility index (Phi) is 3.76. The first-order valence-electron chi connectivity index (χ1n) is 5.54. The zero-order chi connectivity index (χ0) is 12.8. The molecule has 1 aromatic heterocycles. The topological polar surface area (TPSA) is 101 Å². The number of rotatable bonds is 5. The average Bonchev–Trinajstić information content (AvgIpc) is 2.87. The highest BCUT2D eigenvalue weighted by atomic mass is 16.5. The monoisotopic (exact) mass is 243 g/mol. The van der Waals surface area contributed by atoms with E-state index in [-0.39, 0.29) is 0 Å². The zero-order valence-electron chi connectivity index (χ0n) is 9.76.